The van der Waals surface area contributed by atoms with E-state index in [-0.39, 0.29) is 23.0 Å². The Hall–Kier alpha value is -3.06. The molecule has 0 bridgehead atoms. The predicted molar refractivity (Wildman–Crippen MR) is 98.2 cm³/mol. The number of benzene rings is 2. The number of hydrogen-bond donors (Lipinski definition) is 0. The lowest BCUT2D eigenvalue weighted by molar-refractivity contribution is 0.0462. The SMILES string of the molecule is Cc1c(COC(=O)c2cc(Cl)c3c(c2)OCCO3)noc1-c1ccc(F)cc1. The topological polar surface area (TPSA) is 70.8 Å². The summed E-state index contributed by atoms with van der Waals surface area (Å²) < 4.78 is 34.6. The van der Waals surface area contributed by atoms with Crippen molar-refractivity contribution in [1.82, 2.24) is 5.16 Å². The van der Waals surface area contributed by atoms with Crippen LogP contribution in [-0.2, 0) is 11.3 Å². The van der Waals surface area contributed by atoms with Crippen LogP contribution < -0.4 is 9.47 Å². The summed E-state index contributed by atoms with van der Waals surface area (Å²) in [7, 11) is 0. The quantitative estimate of drug-likeness (QED) is 0.594. The Balaban J connectivity index is 1.48. The van der Waals surface area contributed by atoms with Crippen molar-refractivity contribution in [3.63, 3.8) is 0 Å². The van der Waals surface area contributed by atoms with Crippen LogP contribution in [0.1, 0.15) is 21.6 Å². The molecular formula is C20H15ClFNO5. The van der Waals surface area contributed by atoms with Gasteiger partial charge in [-0.15, -0.1) is 0 Å². The Bertz CT molecular complexity index is 1030. The number of halogens is 2. The molecule has 28 heavy (non-hydrogen) atoms. The van der Waals surface area contributed by atoms with Gasteiger partial charge in [0.1, 0.15) is 31.3 Å². The lowest BCUT2D eigenvalue weighted by atomic mass is 10.1. The van der Waals surface area contributed by atoms with Gasteiger partial charge >= 0.3 is 5.97 Å². The van der Waals surface area contributed by atoms with Crippen molar-refractivity contribution in [2.45, 2.75) is 13.5 Å². The maximum absolute atomic E-state index is 13.1. The average Bonchev–Trinajstić information content (AvgIpc) is 3.07. The Kier molecular flexibility index (Phi) is 4.92. The molecule has 0 spiro atoms. The highest BCUT2D eigenvalue weighted by atomic mass is 35.5. The third kappa shape index (κ3) is 3.53. The second-order valence-electron chi connectivity index (χ2n) is 6.15. The van der Waals surface area contributed by atoms with Gasteiger partial charge in [-0.3, -0.25) is 0 Å². The molecule has 0 saturated carbocycles. The first kappa shape index (κ1) is 18.3. The molecule has 0 N–H and O–H groups in total. The number of nitrogens with zero attached hydrogens (tertiary/aromatic N) is 1. The molecule has 0 fully saturated rings. The molecule has 3 aromatic rings. The van der Waals surface area contributed by atoms with E-state index < -0.39 is 5.97 Å². The first-order valence-electron chi connectivity index (χ1n) is 8.50. The Morgan fingerprint density at radius 2 is 1.96 bits per heavy atom. The number of rotatable bonds is 4. The van der Waals surface area contributed by atoms with E-state index in [1.165, 1.54) is 24.3 Å². The highest BCUT2D eigenvalue weighted by molar-refractivity contribution is 6.32. The minimum absolute atomic E-state index is 0.0819. The number of carbonyl (C=O) groups excluding carboxylic acids is 1. The van der Waals surface area contributed by atoms with Crippen LogP contribution in [0.4, 0.5) is 4.39 Å². The third-order valence-corrected chi connectivity index (χ3v) is 4.58. The molecule has 0 unspecified atom stereocenters. The molecule has 0 atom stereocenters. The number of carbonyl (C=O) groups is 1. The molecule has 2 heterocycles. The molecule has 0 saturated heterocycles. The zero-order chi connectivity index (χ0) is 19.7. The molecule has 0 amide bonds. The van der Waals surface area contributed by atoms with Crippen LogP contribution in [-0.4, -0.2) is 24.3 Å². The highest BCUT2D eigenvalue weighted by Crippen LogP contribution is 2.38. The number of hydrogen-bond acceptors (Lipinski definition) is 6. The fourth-order valence-electron chi connectivity index (χ4n) is 2.82. The molecule has 6 nitrogen and oxygen atoms in total. The van der Waals surface area contributed by atoms with Crippen molar-refractivity contribution < 1.29 is 27.9 Å². The largest absolute Gasteiger partial charge is 0.486 e. The summed E-state index contributed by atoms with van der Waals surface area (Å²) in [5.41, 5.74) is 2.10. The van der Waals surface area contributed by atoms with E-state index in [0.717, 1.165) is 0 Å². The Labute approximate surface area is 164 Å². The summed E-state index contributed by atoms with van der Waals surface area (Å²) in [4.78, 5) is 12.4. The zero-order valence-corrected chi connectivity index (χ0v) is 15.6. The van der Waals surface area contributed by atoms with Crippen molar-refractivity contribution in [3.8, 4) is 22.8 Å². The van der Waals surface area contributed by atoms with Crippen LogP contribution in [0.3, 0.4) is 0 Å². The van der Waals surface area contributed by atoms with Crippen LogP contribution in [0.15, 0.2) is 40.9 Å². The lowest BCUT2D eigenvalue weighted by Gasteiger charge is -2.19. The summed E-state index contributed by atoms with van der Waals surface area (Å²) >= 11 is 6.15. The first-order valence-corrected chi connectivity index (χ1v) is 8.88. The molecule has 1 aliphatic heterocycles. The van der Waals surface area contributed by atoms with Gasteiger partial charge in [0.25, 0.3) is 0 Å². The summed E-state index contributed by atoms with van der Waals surface area (Å²) in [6.45, 7) is 2.49. The fraction of sp³-hybridized carbons (Fsp3) is 0.200. The van der Waals surface area contributed by atoms with E-state index in [4.69, 9.17) is 30.3 Å². The summed E-state index contributed by atoms with van der Waals surface area (Å²) in [6, 6.07) is 8.86. The van der Waals surface area contributed by atoms with Gasteiger partial charge in [0.2, 0.25) is 0 Å². The molecule has 2 aromatic carbocycles. The predicted octanol–water partition coefficient (Wildman–Crippen LogP) is 4.57. The minimum atomic E-state index is -0.579. The molecule has 1 aromatic heterocycles. The minimum Gasteiger partial charge on any atom is -0.486 e. The maximum Gasteiger partial charge on any atom is 0.338 e. The second kappa shape index (κ2) is 7.52. The van der Waals surface area contributed by atoms with Gasteiger partial charge in [-0.25, -0.2) is 9.18 Å². The van der Waals surface area contributed by atoms with Gasteiger partial charge in [0.05, 0.1) is 10.6 Å². The van der Waals surface area contributed by atoms with E-state index >= 15 is 0 Å². The molecule has 1 aliphatic rings. The second-order valence-corrected chi connectivity index (χ2v) is 6.56. The molecule has 4 rings (SSSR count). The normalized spacial score (nSPS) is 12.7. The van der Waals surface area contributed by atoms with Crippen LogP contribution in [0.2, 0.25) is 5.02 Å². The smallest absolute Gasteiger partial charge is 0.338 e. The van der Waals surface area contributed by atoms with Crippen molar-refractivity contribution in [1.29, 1.82) is 0 Å². The van der Waals surface area contributed by atoms with Gasteiger partial charge in [-0.05, 0) is 43.3 Å². The van der Waals surface area contributed by atoms with Gasteiger partial charge < -0.3 is 18.7 Å². The first-order chi connectivity index (χ1) is 13.5. The van der Waals surface area contributed by atoms with Crippen LogP contribution >= 0.6 is 11.6 Å². The van der Waals surface area contributed by atoms with Crippen molar-refractivity contribution in [2.75, 3.05) is 13.2 Å². The molecular weight excluding hydrogens is 389 g/mol. The third-order valence-electron chi connectivity index (χ3n) is 4.30. The maximum atomic E-state index is 13.1. The van der Waals surface area contributed by atoms with Crippen molar-refractivity contribution in [3.05, 3.63) is 64.1 Å². The van der Waals surface area contributed by atoms with Crippen molar-refractivity contribution in [2.24, 2.45) is 0 Å². The standard InChI is InChI=1S/C20H15ClFNO5/c1-11-16(23-28-18(11)12-2-4-14(22)5-3-12)10-27-20(24)13-8-15(21)19-17(9-13)25-6-7-26-19/h2-5,8-9H,6-7,10H2,1H3. The number of esters is 1. The van der Waals surface area contributed by atoms with Crippen LogP contribution in [0.25, 0.3) is 11.3 Å². The van der Waals surface area contributed by atoms with Crippen LogP contribution in [0.5, 0.6) is 11.5 Å². The van der Waals surface area contributed by atoms with Crippen LogP contribution in [0, 0.1) is 12.7 Å². The summed E-state index contributed by atoms with van der Waals surface area (Å²) in [6.07, 6.45) is 0. The fourth-order valence-corrected chi connectivity index (χ4v) is 3.08. The van der Waals surface area contributed by atoms with Gasteiger partial charge in [-0.2, -0.15) is 0 Å². The zero-order valence-electron chi connectivity index (χ0n) is 14.8. The Morgan fingerprint density at radius 3 is 2.75 bits per heavy atom. The van der Waals surface area contributed by atoms with Gasteiger partial charge in [0.15, 0.2) is 17.3 Å². The highest BCUT2D eigenvalue weighted by Gasteiger charge is 2.21. The average molecular weight is 404 g/mol. The van der Waals surface area contributed by atoms with Gasteiger partial charge in [0, 0.05) is 11.1 Å². The molecule has 144 valence electrons. The van der Waals surface area contributed by atoms with E-state index in [0.29, 0.717) is 47.3 Å². The lowest BCUT2D eigenvalue weighted by Crippen LogP contribution is -2.16. The molecule has 0 aliphatic carbocycles. The molecule has 8 heteroatoms. The molecule has 0 radical (unpaired) electrons. The summed E-state index contributed by atoms with van der Waals surface area (Å²) in [5.74, 6) is 0.397. The number of ether oxygens (including phenoxy) is 3. The number of aromatic nitrogens is 1. The number of fused-ring (bicyclic) bond motifs is 1. The summed E-state index contributed by atoms with van der Waals surface area (Å²) in [5, 5.41) is 4.23. The Morgan fingerprint density at radius 1 is 1.21 bits per heavy atom. The van der Waals surface area contributed by atoms with E-state index in [9.17, 15) is 9.18 Å². The van der Waals surface area contributed by atoms with E-state index in [2.05, 4.69) is 5.16 Å². The van der Waals surface area contributed by atoms with E-state index in [1.54, 1.807) is 19.1 Å². The van der Waals surface area contributed by atoms with Crippen molar-refractivity contribution >= 4 is 17.6 Å². The van der Waals surface area contributed by atoms with E-state index in [1.807, 2.05) is 0 Å². The monoisotopic (exact) mass is 403 g/mol. The van der Waals surface area contributed by atoms with Gasteiger partial charge in [-0.1, -0.05) is 16.8 Å².